The van der Waals surface area contributed by atoms with E-state index in [9.17, 15) is 0 Å². The molecule has 0 bridgehead atoms. The van der Waals surface area contributed by atoms with Crippen LogP contribution in [0.4, 0.5) is 0 Å². The maximum atomic E-state index is 4.31. The van der Waals surface area contributed by atoms with Gasteiger partial charge in [-0.05, 0) is 13.2 Å². The summed E-state index contributed by atoms with van der Waals surface area (Å²) in [5.41, 5.74) is 1.09. The van der Waals surface area contributed by atoms with E-state index < -0.39 is 0 Å². The Kier molecular flexibility index (Phi) is 2.51. The maximum Gasteiger partial charge on any atom is 0.150 e. The molecule has 54 valence electrons. The molecule has 0 aliphatic carbocycles. The molecule has 1 aromatic heterocycles. The fourth-order valence-corrected chi connectivity index (χ4v) is 2.14. The minimum atomic E-state index is 1.09. The largest absolute Gasteiger partial charge is 0.234 e. The molecule has 1 aromatic rings. The van der Waals surface area contributed by atoms with E-state index in [0.717, 1.165) is 10.0 Å². The van der Waals surface area contributed by atoms with Gasteiger partial charge in [-0.2, -0.15) is 0 Å². The van der Waals surface area contributed by atoms with E-state index in [1.807, 2.05) is 19.3 Å². The third-order valence-electron chi connectivity index (χ3n) is 1.17. The summed E-state index contributed by atoms with van der Waals surface area (Å²) in [6.07, 6.45) is 3.89. The summed E-state index contributed by atoms with van der Waals surface area (Å²) in [5.74, 6) is 0. The fourth-order valence-electron chi connectivity index (χ4n) is 0.659. The lowest BCUT2D eigenvalue weighted by Gasteiger charge is -1.80. The van der Waals surface area contributed by atoms with Crippen molar-refractivity contribution in [2.75, 3.05) is 6.26 Å². The second-order valence-electron chi connectivity index (χ2n) is 1.84. The third-order valence-corrected chi connectivity index (χ3v) is 3.31. The zero-order valence-electron chi connectivity index (χ0n) is 6.05. The molecule has 0 spiro atoms. The molecule has 0 atom stereocenters. The molecular weight excluding hydrogens is 162 g/mol. The molecule has 0 aliphatic rings. The number of rotatable bonds is 2. The average molecular weight is 171 g/mol. The van der Waals surface area contributed by atoms with Crippen LogP contribution < -0.4 is 0 Å². The Bertz CT molecular complexity index is 240. The van der Waals surface area contributed by atoms with Crippen LogP contribution in [0.2, 0.25) is 0 Å². The van der Waals surface area contributed by atoms with E-state index >= 15 is 0 Å². The summed E-state index contributed by atoms with van der Waals surface area (Å²) < 4.78 is 1.12. The van der Waals surface area contributed by atoms with E-state index in [1.165, 1.54) is 4.88 Å². The molecule has 0 amide bonds. The Morgan fingerprint density at radius 3 is 2.70 bits per heavy atom. The number of nitrogens with zero attached hydrogens (tertiary/aromatic N) is 1. The van der Waals surface area contributed by atoms with Crippen molar-refractivity contribution in [1.29, 1.82) is 0 Å². The fraction of sp³-hybridized carbons (Fsp3) is 0.286. The van der Waals surface area contributed by atoms with Gasteiger partial charge < -0.3 is 0 Å². The predicted octanol–water partition coefficient (Wildman–Crippen LogP) is 2.82. The van der Waals surface area contributed by atoms with Gasteiger partial charge in [0, 0.05) is 0 Å². The first-order valence-corrected chi connectivity index (χ1v) is 4.96. The molecule has 0 unspecified atom stereocenters. The predicted molar refractivity (Wildman–Crippen MR) is 48.7 cm³/mol. The van der Waals surface area contributed by atoms with Gasteiger partial charge >= 0.3 is 0 Å². The van der Waals surface area contributed by atoms with Gasteiger partial charge in [0.2, 0.25) is 0 Å². The molecule has 0 saturated carbocycles. The summed E-state index contributed by atoms with van der Waals surface area (Å²) in [5, 5.41) is 0. The molecule has 0 aromatic carbocycles. The highest BCUT2D eigenvalue weighted by atomic mass is 32.2. The number of thiazole rings is 1. The van der Waals surface area contributed by atoms with E-state index in [2.05, 4.69) is 11.6 Å². The number of hydrogen-bond acceptors (Lipinski definition) is 3. The normalized spacial score (nSPS) is 9.80. The van der Waals surface area contributed by atoms with Crippen LogP contribution in [0.15, 0.2) is 10.9 Å². The van der Waals surface area contributed by atoms with Crippen LogP contribution in [0.25, 0.3) is 6.08 Å². The molecule has 0 N–H and O–H groups in total. The summed E-state index contributed by atoms with van der Waals surface area (Å²) >= 11 is 3.37. The van der Waals surface area contributed by atoms with Crippen molar-refractivity contribution < 1.29 is 0 Å². The van der Waals surface area contributed by atoms with Gasteiger partial charge in [-0.15, -0.1) is 11.3 Å². The van der Waals surface area contributed by atoms with Crippen LogP contribution in [0.1, 0.15) is 10.6 Å². The Morgan fingerprint density at radius 2 is 2.40 bits per heavy atom. The van der Waals surface area contributed by atoms with E-state index in [0.29, 0.717) is 0 Å². The number of thioether (sulfide) groups is 1. The highest BCUT2D eigenvalue weighted by Crippen LogP contribution is 2.25. The minimum Gasteiger partial charge on any atom is -0.234 e. The first kappa shape index (κ1) is 7.82. The Labute approximate surface area is 69.2 Å². The van der Waals surface area contributed by atoms with Crippen LogP contribution in [0, 0.1) is 6.92 Å². The molecule has 1 nitrogen and oxygen atoms in total. The average Bonchev–Trinajstić information content (AvgIpc) is 2.30. The first-order valence-electron chi connectivity index (χ1n) is 2.91. The first-order chi connectivity index (χ1) is 4.77. The number of aromatic nitrogens is 1. The number of aryl methyl sites for hydroxylation is 1. The molecule has 1 rings (SSSR count). The van der Waals surface area contributed by atoms with E-state index in [4.69, 9.17) is 0 Å². The quantitative estimate of drug-likeness (QED) is 0.635. The van der Waals surface area contributed by atoms with Crippen LogP contribution in [-0.4, -0.2) is 11.2 Å². The lowest BCUT2D eigenvalue weighted by Crippen LogP contribution is -1.71. The summed E-state index contributed by atoms with van der Waals surface area (Å²) in [6.45, 7) is 5.71. The van der Waals surface area contributed by atoms with Crippen molar-refractivity contribution in [2.24, 2.45) is 0 Å². The SMILES string of the molecule is C=Cc1sc(SC)nc1C. The van der Waals surface area contributed by atoms with Gasteiger partial charge in [0.1, 0.15) is 4.34 Å². The third kappa shape index (κ3) is 1.41. The highest BCUT2D eigenvalue weighted by Gasteiger charge is 2.01. The van der Waals surface area contributed by atoms with Gasteiger partial charge in [0.25, 0.3) is 0 Å². The van der Waals surface area contributed by atoms with Crippen molar-refractivity contribution in [3.05, 3.63) is 17.2 Å². The van der Waals surface area contributed by atoms with E-state index in [1.54, 1.807) is 23.1 Å². The second-order valence-corrected chi connectivity index (χ2v) is 3.92. The lowest BCUT2D eigenvalue weighted by atomic mass is 10.4. The van der Waals surface area contributed by atoms with Crippen LogP contribution in [0.5, 0.6) is 0 Å². The molecule has 10 heavy (non-hydrogen) atoms. The Hall–Kier alpha value is -0.280. The maximum absolute atomic E-state index is 4.31. The molecular formula is C7H9NS2. The minimum absolute atomic E-state index is 1.09. The van der Waals surface area contributed by atoms with Gasteiger partial charge in [-0.1, -0.05) is 24.4 Å². The standard InChI is InChI=1S/C7H9NS2/c1-4-6-5(2)8-7(9-3)10-6/h4H,1H2,2-3H3. The smallest absolute Gasteiger partial charge is 0.150 e. The Balaban J connectivity index is 3.03. The molecule has 3 heteroatoms. The van der Waals surface area contributed by atoms with Gasteiger partial charge in [-0.25, -0.2) is 4.98 Å². The van der Waals surface area contributed by atoms with Crippen molar-refractivity contribution in [2.45, 2.75) is 11.3 Å². The van der Waals surface area contributed by atoms with Crippen LogP contribution in [0.3, 0.4) is 0 Å². The molecule has 1 heterocycles. The Morgan fingerprint density at radius 1 is 1.70 bits per heavy atom. The summed E-state index contributed by atoms with van der Waals surface area (Å²) in [4.78, 5) is 5.49. The van der Waals surface area contributed by atoms with Crippen molar-refractivity contribution in [1.82, 2.24) is 4.98 Å². The highest BCUT2D eigenvalue weighted by molar-refractivity contribution is 8.00. The van der Waals surface area contributed by atoms with Crippen molar-refractivity contribution in [3.63, 3.8) is 0 Å². The monoisotopic (exact) mass is 171 g/mol. The molecule has 0 fully saturated rings. The van der Waals surface area contributed by atoms with Crippen molar-refractivity contribution in [3.8, 4) is 0 Å². The summed E-state index contributed by atoms with van der Waals surface area (Å²) in [6, 6.07) is 0. The van der Waals surface area contributed by atoms with Gasteiger partial charge in [0.05, 0.1) is 10.6 Å². The molecule has 0 aliphatic heterocycles. The summed E-state index contributed by atoms with van der Waals surface area (Å²) in [7, 11) is 0. The van der Waals surface area contributed by atoms with Crippen LogP contribution >= 0.6 is 23.1 Å². The topological polar surface area (TPSA) is 12.9 Å². The number of hydrogen-bond donors (Lipinski definition) is 0. The zero-order chi connectivity index (χ0) is 7.56. The lowest BCUT2D eigenvalue weighted by molar-refractivity contribution is 1.16. The molecule has 0 saturated heterocycles. The van der Waals surface area contributed by atoms with Gasteiger partial charge in [0.15, 0.2) is 0 Å². The van der Waals surface area contributed by atoms with Gasteiger partial charge in [-0.3, -0.25) is 0 Å². The van der Waals surface area contributed by atoms with Crippen molar-refractivity contribution >= 4 is 29.2 Å². The molecule has 0 radical (unpaired) electrons. The van der Waals surface area contributed by atoms with Crippen LogP contribution in [-0.2, 0) is 0 Å². The zero-order valence-corrected chi connectivity index (χ0v) is 7.68. The second kappa shape index (κ2) is 3.21. The van der Waals surface area contributed by atoms with E-state index in [-0.39, 0.29) is 0 Å².